The molecule has 0 saturated carbocycles. The Morgan fingerprint density at radius 1 is 1.28 bits per heavy atom. The lowest BCUT2D eigenvalue weighted by Crippen LogP contribution is -2.48. The molecule has 1 atom stereocenters. The van der Waals surface area contributed by atoms with E-state index < -0.39 is 0 Å². The first-order valence-electron chi connectivity index (χ1n) is 9.78. The number of aromatic nitrogens is 1. The standard InChI is InChI=1S/C21H27ClN4O3/c1-2-3-4-18(27)13-25-9-11-26(12-10-25)14-20-24-19(15-29-20)21(28)23-17-7-5-16(22)6-8-17/h2,5-8,15,18,27H,1,3-4,9-14H2,(H,23,28). The molecular weight excluding hydrogens is 392 g/mol. The highest BCUT2D eigenvalue weighted by molar-refractivity contribution is 6.30. The third-order valence-corrected chi connectivity index (χ3v) is 5.14. The summed E-state index contributed by atoms with van der Waals surface area (Å²) in [5.74, 6) is 0.200. The van der Waals surface area contributed by atoms with Crippen molar-refractivity contribution in [3.63, 3.8) is 0 Å². The molecule has 1 saturated heterocycles. The van der Waals surface area contributed by atoms with Gasteiger partial charge in [-0.25, -0.2) is 4.98 Å². The van der Waals surface area contributed by atoms with Gasteiger partial charge in [-0.05, 0) is 37.1 Å². The van der Waals surface area contributed by atoms with E-state index in [0.717, 1.165) is 39.0 Å². The van der Waals surface area contributed by atoms with Gasteiger partial charge in [-0.2, -0.15) is 0 Å². The smallest absolute Gasteiger partial charge is 0.277 e. The van der Waals surface area contributed by atoms with Gasteiger partial charge in [-0.15, -0.1) is 6.58 Å². The van der Waals surface area contributed by atoms with Crippen molar-refractivity contribution >= 4 is 23.2 Å². The first-order valence-corrected chi connectivity index (χ1v) is 10.2. The van der Waals surface area contributed by atoms with Gasteiger partial charge in [-0.3, -0.25) is 14.6 Å². The quantitative estimate of drug-likeness (QED) is 0.609. The molecule has 156 valence electrons. The summed E-state index contributed by atoms with van der Waals surface area (Å²) in [6, 6.07) is 6.89. The van der Waals surface area contributed by atoms with Gasteiger partial charge in [-0.1, -0.05) is 17.7 Å². The SMILES string of the molecule is C=CCCC(O)CN1CCN(Cc2nc(C(=O)Nc3ccc(Cl)cc3)co2)CC1. The number of benzene rings is 1. The number of aliphatic hydroxyl groups is 1. The van der Waals surface area contributed by atoms with Crippen LogP contribution >= 0.6 is 11.6 Å². The van der Waals surface area contributed by atoms with Crippen molar-refractivity contribution < 1.29 is 14.3 Å². The molecule has 0 spiro atoms. The Labute approximate surface area is 176 Å². The highest BCUT2D eigenvalue weighted by Crippen LogP contribution is 2.15. The molecule has 0 bridgehead atoms. The van der Waals surface area contributed by atoms with Gasteiger partial charge < -0.3 is 14.8 Å². The normalized spacial score (nSPS) is 16.5. The minimum Gasteiger partial charge on any atom is -0.447 e. The molecule has 2 N–H and O–H groups in total. The number of β-amino-alcohol motifs (C(OH)–C–C–N with tert-alkyl or cyclic N) is 1. The maximum atomic E-state index is 12.3. The number of hydrogen-bond donors (Lipinski definition) is 2. The second kappa shape index (κ2) is 10.5. The first kappa shape index (κ1) is 21.5. The molecule has 3 rings (SSSR count). The van der Waals surface area contributed by atoms with Crippen LogP contribution in [-0.4, -0.2) is 64.6 Å². The minimum atomic E-state index is -0.319. The Morgan fingerprint density at radius 3 is 2.66 bits per heavy atom. The zero-order valence-electron chi connectivity index (χ0n) is 16.4. The summed E-state index contributed by atoms with van der Waals surface area (Å²) in [4.78, 5) is 21.1. The number of piperazine rings is 1. The van der Waals surface area contributed by atoms with Crippen LogP contribution in [0.3, 0.4) is 0 Å². The average Bonchev–Trinajstić information content (AvgIpc) is 3.18. The molecule has 7 nitrogen and oxygen atoms in total. The van der Waals surface area contributed by atoms with Gasteiger partial charge in [0.2, 0.25) is 5.89 Å². The van der Waals surface area contributed by atoms with Gasteiger partial charge in [0.05, 0.1) is 12.6 Å². The summed E-state index contributed by atoms with van der Waals surface area (Å²) < 4.78 is 5.48. The molecule has 0 radical (unpaired) electrons. The van der Waals surface area contributed by atoms with Crippen LogP contribution in [0.1, 0.15) is 29.2 Å². The van der Waals surface area contributed by atoms with Crippen LogP contribution in [-0.2, 0) is 6.54 Å². The third kappa shape index (κ3) is 6.68. The van der Waals surface area contributed by atoms with E-state index in [1.807, 2.05) is 6.08 Å². The van der Waals surface area contributed by atoms with Crippen LogP contribution in [0.15, 0.2) is 47.6 Å². The van der Waals surface area contributed by atoms with E-state index >= 15 is 0 Å². The Kier molecular flexibility index (Phi) is 7.83. The number of rotatable bonds is 9. The minimum absolute atomic E-state index is 0.249. The highest BCUT2D eigenvalue weighted by atomic mass is 35.5. The molecule has 1 aliphatic rings. The topological polar surface area (TPSA) is 81.8 Å². The number of aliphatic hydroxyl groups excluding tert-OH is 1. The maximum Gasteiger partial charge on any atom is 0.277 e. The lowest BCUT2D eigenvalue weighted by molar-refractivity contribution is 0.0642. The lowest BCUT2D eigenvalue weighted by atomic mass is 10.1. The molecule has 8 heteroatoms. The fourth-order valence-electron chi connectivity index (χ4n) is 3.24. The molecule has 1 amide bonds. The Bertz CT molecular complexity index is 801. The van der Waals surface area contributed by atoms with Crippen molar-refractivity contribution in [2.75, 3.05) is 38.0 Å². The van der Waals surface area contributed by atoms with E-state index in [1.165, 1.54) is 6.26 Å². The van der Waals surface area contributed by atoms with Crippen LogP contribution in [0, 0.1) is 0 Å². The monoisotopic (exact) mass is 418 g/mol. The number of carbonyl (C=O) groups excluding carboxylic acids is 1. The predicted octanol–water partition coefficient (Wildman–Crippen LogP) is 3.03. The van der Waals surface area contributed by atoms with Gasteiger partial charge in [0, 0.05) is 43.4 Å². The molecule has 2 aromatic rings. The molecule has 1 aliphatic heterocycles. The second-order valence-corrected chi connectivity index (χ2v) is 7.62. The zero-order valence-corrected chi connectivity index (χ0v) is 17.1. The fraction of sp³-hybridized carbons (Fsp3) is 0.429. The van der Waals surface area contributed by atoms with Gasteiger partial charge in [0.1, 0.15) is 6.26 Å². The molecule has 29 heavy (non-hydrogen) atoms. The van der Waals surface area contributed by atoms with Crippen LogP contribution in [0.25, 0.3) is 0 Å². The summed E-state index contributed by atoms with van der Waals surface area (Å²) in [5, 5.41) is 13.4. The number of allylic oxidation sites excluding steroid dienone is 1. The van der Waals surface area contributed by atoms with Crippen molar-refractivity contribution in [3.05, 3.63) is 59.8 Å². The van der Waals surface area contributed by atoms with E-state index in [2.05, 4.69) is 26.7 Å². The predicted molar refractivity (Wildman–Crippen MR) is 113 cm³/mol. The number of anilines is 1. The van der Waals surface area contributed by atoms with E-state index in [1.54, 1.807) is 24.3 Å². The fourth-order valence-corrected chi connectivity index (χ4v) is 3.36. The molecule has 1 unspecified atom stereocenters. The number of halogens is 1. The lowest BCUT2D eigenvalue weighted by Gasteiger charge is -2.34. The number of nitrogens with one attached hydrogen (secondary N) is 1. The van der Waals surface area contributed by atoms with Crippen molar-refractivity contribution in [2.24, 2.45) is 0 Å². The molecular formula is C21H27ClN4O3. The van der Waals surface area contributed by atoms with Crippen molar-refractivity contribution in [1.29, 1.82) is 0 Å². The largest absolute Gasteiger partial charge is 0.447 e. The molecule has 1 aromatic carbocycles. The van der Waals surface area contributed by atoms with Gasteiger partial charge >= 0.3 is 0 Å². The Hall–Kier alpha value is -2.19. The number of nitrogens with zero attached hydrogens (tertiary/aromatic N) is 3. The number of amides is 1. The average molecular weight is 419 g/mol. The Morgan fingerprint density at radius 2 is 1.97 bits per heavy atom. The van der Waals surface area contributed by atoms with Crippen LogP contribution in [0.5, 0.6) is 0 Å². The van der Waals surface area contributed by atoms with Crippen LogP contribution < -0.4 is 5.32 Å². The van der Waals surface area contributed by atoms with E-state index in [0.29, 0.717) is 29.7 Å². The molecule has 1 aromatic heterocycles. The van der Waals surface area contributed by atoms with Crippen LogP contribution in [0.4, 0.5) is 5.69 Å². The summed E-state index contributed by atoms with van der Waals surface area (Å²) in [6.45, 7) is 8.43. The van der Waals surface area contributed by atoms with E-state index in [4.69, 9.17) is 16.0 Å². The van der Waals surface area contributed by atoms with Crippen molar-refractivity contribution in [2.45, 2.75) is 25.5 Å². The van der Waals surface area contributed by atoms with Crippen LogP contribution in [0.2, 0.25) is 5.02 Å². The molecule has 2 heterocycles. The van der Waals surface area contributed by atoms with Crippen molar-refractivity contribution in [1.82, 2.24) is 14.8 Å². The van der Waals surface area contributed by atoms with E-state index in [-0.39, 0.29) is 17.7 Å². The molecule has 1 fully saturated rings. The summed E-state index contributed by atoms with van der Waals surface area (Å²) in [6.07, 6.45) is 4.49. The molecule has 0 aliphatic carbocycles. The Balaban J connectivity index is 1.44. The summed E-state index contributed by atoms with van der Waals surface area (Å²) >= 11 is 5.85. The summed E-state index contributed by atoms with van der Waals surface area (Å²) in [5.41, 5.74) is 0.897. The summed E-state index contributed by atoms with van der Waals surface area (Å²) in [7, 11) is 0. The first-order chi connectivity index (χ1) is 14.0. The van der Waals surface area contributed by atoms with Gasteiger partial charge in [0.15, 0.2) is 5.69 Å². The van der Waals surface area contributed by atoms with E-state index in [9.17, 15) is 9.90 Å². The number of carbonyl (C=O) groups is 1. The number of oxazole rings is 1. The van der Waals surface area contributed by atoms with Crippen molar-refractivity contribution in [3.8, 4) is 0 Å². The second-order valence-electron chi connectivity index (χ2n) is 7.18. The highest BCUT2D eigenvalue weighted by Gasteiger charge is 2.21. The number of hydrogen-bond acceptors (Lipinski definition) is 6. The third-order valence-electron chi connectivity index (χ3n) is 4.88. The zero-order chi connectivity index (χ0) is 20.6. The van der Waals surface area contributed by atoms with Gasteiger partial charge in [0.25, 0.3) is 5.91 Å². The maximum absolute atomic E-state index is 12.3.